The van der Waals surface area contributed by atoms with E-state index in [1.165, 1.54) is 27.6 Å². The molecule has 0 aliphatic carbocycles. The molecular weight excluding hydrogens is 535 g/mol. The fraction of sp³-hybridized carbons (Fsp3) is 0.364. The van der Waals surface area contributed by atoms with Crippen molar-refractivity contribution < 1.29 is 23.5 Å². The van der Waals surface area contributed by atoms with Gasteiger partial charge >= 0.3 is 0 Å². The van der Waals surface area contributed by atoms with E-state index >= 15 is 0 Å². The van der Waals surface area contributed by atoms with E-state index in [4.69, 9.17) is 14.6 Å². The van der Waals surface area contributed by atoms with Gasteiger partial charge < -0.3 is 14.4 Å². The number of methoxy groups -OCH3 is 1. The highest BCUT2D eigenvalue weighted by molar-refractivity contribution is 6.04. The molecule has 1 saturated heterocycles. The van der Waals surface area contributed by atoms with Crippen LogP contribution in [0.5, 0.6) is 5.75 Å². The number of ether oxygens (including phenoxy) is 2. The van der Waals surface area contributed by atoms with Crippen LogP contribution in [-0.2, 0) is 9.53 Å². The number of carbonyl (C=O) groups excluding carboxylic acids is 2. The Morgan fingerprint density at radius 1 is 1.02 bits per heavy atom. The molecule has 0 bridgehead atoms. The molecule has 3 aromatic rings. The van der Waals surface area contributed by atoms with Gasteiger partial charge in [0.1, 0.15) is 18.1 Å². The molecule has 0 aromatic heterocycles. The smallest absolute Gasteiger partial charge is 0.262 e. The Morgan fingerprint density at radius 3 is 2.50 bits per heavy atom. The highest BCUT2D eigenvalue weighted by Crippen LogP contribution is 2.37. The molecule has 2 aliphatic rings. The summed E-state index contributed by atoms with van der Waals surface area (Å²) in [4.78, 5) is 31.3. The van der Waals surface area contributed by atoms with Gasteiger partial charge in [-0.25, -0.2) is 9.40 Å². The van der Waals surface area contributed by atoms with Gasteiger partial charge in [0.15, 0.2) is 0 Å². The van der Waals surface area contributed by atoms with Gasteiger partial charge in [-0.1, -0.05) is 42.5 Å². The number of hydrogen-bond acceptors (Lipinski definition) is 6. The van der Waals surface area contributed by atoms with Gasteiger partial charge in [-0.15, -0.1) is 0 Å². The summed E-state index contributed by atoms with van der Waals surface area (Å²) in [5.41, 5.74) is 4.81. The zero-order chi connectivity index (χ0) is 29.6. The van der Waals surface area contributed by atoms with E-state index in [0.717, 1.165) is 35.5 Å². The van der Waals surface area contributed by atoms with Crippen molar-refractivity contribution in [2.75, 3.05) is 53.0 Å². The molecule has 0 unspecified atom stereocenters. The Kier molecular flexibility index (Phi) is 9.29. The maximum absolute atomic E-state index is 14.7. The maximum Gasteiger partial charge on any atom is 0.262 e. The average Bonchev–Trinajstić information content (AvgIpc) is 3.46. The molecule has 1 atom stereocenters. The summed E-state index contributed by atoms with van der Waals surface area (Å²) in [7, 11) is 1.60. The predicted molar refractivity (Wildman–Crippen MR) is 159 cm³/mol. The normalized spacial score (nSPS) is 17.2. The Hall–Kier alpha value is -4.08. The molecule has 42 heavy (non-hydrogen) atoms. The minimum atomic E-state index is -0.616. The maximum atomic E-state index is 14.7. The fourth-order valence-corrected chi connectivity index (χ4v) is 5.40. The summed E-state index contributed by atoms with van der Waals surface area (Å²) in [6, 6.07) is 19.2. The lowest BCUT2D eigenvalue weighted by atomic mass is 9.96. The molecule has 0 spiro atoms. The first-order valence-corrected chi connectivity index (χ1v) is 14.3. The lowest BCUT2D eigenvalue weighted by Gasteiger charge is -2.31. The molecule has 1 fully saturated rings. The van der Waals surface area contributed by atoms with E-state index in [2.05, 4.69) is 30.9 Å². The molecule has 3 aromatic carbocycles. The number of nitrogens with zero attached hydrogens (tertiary/aromatic N) is 4. The minimum Gasteiger partial charge on any atom is -0.496 e. The van der Waals surface area contributed by atoms with E-state index in [-0.39, 0.29) is 24.6 Å². The number of morpholine rings is 1. The van der Waals surface area contributed by atoms with Crippen molar-refractivity contribution in [3.05, 3.63) is 100 Å². The quantitative estimate of drug-likeness (QED) is 0.375. The van der Waals surface area contributed by atoms with Crippen LogP contribution >= 0.6 is 0 Å². The van der Waals surface area contributed by atoms with Crippen LogP contribution in [0, 0.1) is 19.7 Å². The van der Waals surface area contributed by atoms with Crippen molar-refractivity contribution in [3.8, 4) is 5.75 Å². The number of benzene rings is 3. The van der Waals surface area contributed by atoms with Crippen LogP contribution in [0.25, 0.3) is 0 Å². The van der Waals surface area contributed by atoms with Gasteiger partial charge in [0.2, 0.25) is 0 Å². The molecular formula is C33H37FN4O4. The average molecular weight is 573 g/mol. The van der Waals surface area contributed by atoms with Crippen LogP contribution in [0.3, 0.4) is 0 Å². The molecule has 8 nitrogen and oxygen atoms in total. The van der Waals surface area contributed by atoms with E-state index in [1.54, 1.807) is 19.2 Å². The van der Waals surface area contributed by atoms with Crippen LogP contribution in [0.4, 0.5) is 4.39 Å². The summed E-state index contributed by atoms with van der Waals surface area (Å²) < 4.78 is 25.8. The lowest BCUT2D eigenvalue weighted by molar-refractivity contribution is -0.133. The summed E-state index contributed by atoms with van der Waals surface area (Å²) in [5.74, 6) is -0.838. The number of hydrogen-bond donors (Lipinski definition) is 0. The summed E-state index contributed by atoms with van der Waals surface area (Å²) in [6.45, 7) is 7.38. The highest BCUT2D eigenvalue weighted by atomic mass is 19.1. The van der Waals surface area contributed by atoms with Crippen molar-refractivity contribution in [3.63, 3.8) is 0 Å². The molecule has 0 radical (unpaired) electrons. The molecule has 9 heteroatoms. The Labute approximate surface area is 246 Å². The van der Waals surface area contributed by atoms with Crippen molar-refractivity contribution in [1.29, 1.82) is 0 Å². The number of para-hydroxylation sites is 1. The molecule has 0 saturated carbocycles. The first kappa shape index (κ1) is 29.4. The molecule has 2 heterocycles. The SMILES string of the molecule is COc1ccccc1[C@H]1CC(c2ccc(C)c(C)c2)=NN1C(=O)CN(CCN1CCOCC1)C(=O)c1ccccc1F. The van der Waals surface area contributed by atoms with Crippen LogP contribution in [0.2, 0.25) is 0 Å². The minimum absolute atomic E-state index is 0.0608. The first-order chi connectivity index (χ1) is 20.4. The van der Waals surface area contributed by atoms with Gasteiger partial charge in [0.25, 0.3) is 11.8 Å². The number of rotatable bonds is 9. The van der Waals surface area contributed by atoms with Crippen molar-refractivity contribution in [2.45, 2.75) is 26.3 Å². The van der Waals surface area contributed by atoms with E-state index in [0.29, 0.717) is 31.9 Å². The summed E-state index contributed by atoms with van der Waals surface area (Å²) >= 11 is 0. The third-order valence-corrected chi connectivity index (χ3v) is 8.01. The first-order valence-electron chi connectivity index (χ1n) is 14.3. The molecule has 5 rings (SSSR count). The summed E-state index contributed by atoms with van der Waals surface area (Å²) in [5, 5.41) is 6.29. The zero-order valence-electron chi connectivity index (χ0n) is 24.4. The Bertz CT molecular complexity index is 1470. The van der Waals surface area contributed by atoms with Gasteiger partial charge in [0.05, 0.1) is 37.6 Å². The molecule has 2 amide bonds. The standard InChI is InChI=1S/C33H37FN4O4/c1-23-12-13-25(20-24(23)2)29-21-30(27-9-5-7-11-31(27)41-3)38(35-29)32(39)22-37(15-14-36-16-18-42-19-17-36)33(40)26-8-4-6-10-28(26)34/h4-13,20,30H,14-19,21-22H2,1-3H3/t30-/m1/s1. The largest absolute Gasteiger partial charge is 0.496 e. The van der Waals surface area contributed by atoms with Crippen LogP contribution in [0.15, 0.2) is 71.8 Å². The zero-order valence-corrected chi connectivity index (χ0v) is 24.4. The second-order valence-electron chi connectivity index (χ2n) is 10.7. The van der Waals surface area contributed by atoms with Crippen LogP contribution < -0.4 is 4.74 Å². The van der Waals surface area contributed by atoms with E-state index < -0.39 is 17.8 Å². The topological polar surface area (TPSA) is 74.7 Å². The van der Waals surface area contributed by atoms with Crippen molar-refractivity contribution in [2.24, 2.45) is 5.10 Å². The van der Waals surface area contributed by atoms with E-state index in [1.807, 2.05) is 30.3 Å². The lowest BCUT2D eigenvalue weighted by Crippen LogP contribution is -2.46. The predicted octanol–water partition coefficient (Wildman–Crippen LogP) is 4.60. The van der Waals surface area contributed by atoms with Crippen molar-refractivity contribution >= 4 is 17.5 Å². The summed E-state index contributed by atoms with van der Waals surface area (Å²) in [6.07, 6.45) is 0.490. The number of amides is 2. The highest BCUT2D eigenvalue weighted by Gasteiger charge is 2.36. The van der Waals surface area contributed by atoms with E-state index in [9.17, 15) is 14.0 Å². The third kappa shape index (κ3) is 6.53. The second-order valence-corrected chi connectivity index (χ2v) is 10.7. The Morgan fingerprint density at radius 2 is 1.76 bits per heavy atom. The van der Waals surface area contributed by atoms with Gasteiger partial charge in [-0.3, -0.25) is 14.5 Å². The molecule has 0 N–H and O–H groups in total. The fourth-order valence-electron chi connectivity index (χ4n) is 5.40. The second kappa shape index (κ2) is 13.3. The van der Waals surface area contributed by atoms with Crippen molar-refractivity contribution in [1.82, 2.24) is 14.8 Å². The van der Waals surface area contributed by atoms with Gasteiger partial charge in [-0.2, -0.15) is 5.10 Å². The third-order valence-electron chi connectivity index (χ3n) is 8.01. The molecule has 220 valence electrons. The monoisotopic (exact) mass is 572 g/mol. The molecule has 2 aliphatic heterocycles. The van der Waals surface area contributed by atoms with Gasteiger partial charge in [-0.05, 0) is 54.8 Å². The number of aryl methyl sites for hydroxylation is 2. The van der Waals surface area contributed by atoms with Gasteiger partial charge in [0, 0.05) is 38.2 Å². The van der Waals surface area contributed by atoms with Crippen LogP contribution in [-0.4, -0.2) is 85.4 Å². The number of halogens is 1. The number of carbonyl (C=O) groups is 2. The Balaban J connectivity index is 1.46. The van der Waals surface area contributed by atoms with Crippen LogP contribution in [0.1, 0.15) is 45.1 Å². The number of hydrazone groups is 1.